The van der Waals surface area contributed by atoms with Crippen LogP contribution in [0.25, 0.3) is 0 Å². The van der Waals surface area contributed by atoms with E-state index >= 15 is 0 Å². The molecule has 0 bridgehead atoms. The molecule has 28 heavy (non-hydrogen) atoms. The molecule has 3 amide bonds. The number of benzene rings is 1. The lowest BCUT2D eigenvalue weighted by Crippen LogP contribution is -2.58. The fourth-order valence-electron chi connectivity index (χ4n) is 3.91. The normalized spacial score (nSPS) is 23.9. The van der Waals surface area contributed by atoms with Crippen LogP contribution in [0, 0.1) is 5.92 Å². The number of carbonyl (C=O) groups is 2. The van der Waals surface area contributed by atoms with Gasteiger partial charge in [0.05, 0.1) is 11.9 Å². The van der Waals surface area contributed by atoms with Crippen LogP contribution in [-0.2, 0) is 4.79 Å². The lowest BCUT2D eigenvalue weighted by molar-refractivity contribution is -0.121. The number of urea groups is 1. The number of para-hydroxylation sites is 1. The number of carbonyl (C=O) groups excluding carboxylic acids is 2. The van der Waals surface area contributed by atoms with Gasteiger partial charge in [-0.05, 0) is 30.9 Å². The fourth-order valence-corrected chi connectivity index (χ4v) is 3.91. The molecule has 0 spiro atoms. The first-order chi connectivity index (χ1) is 13.5. The number of nitrogens with one attached hydrogen (secondary N) is 4. The molecular formula is C20H28N6O2. The maximum Gasteiger partial charge on any atom is 0.319 e. The van der Waals surface area contributed by atoms with Crippen molar-refractivity contribution in [3.8, 4) is 0 Å². The largest absolute Gasteiger partial charge is 0.352 e. The lowest BCUT2D eigenvalue weighted by atomic mass is 9.73. The van der Waals surface area contributed by atoms with E-state index in [0.717, 1.165) is 31.4 Å². The Hall–Kier alpha value is -2.87. The summed E-state index contributed by atoms with van der Waals surface area (Å²) < 4.78 is 0. The molecule has 2 unspecified atom stereocenters. The average molecular weight is 384 g/mol. The van der Waals surface area contributed by atoms with Gasteiger partial charge in [-0.3, -0.25) is 10.2 Å². The summed E-state index contributed by atoms with van der Waals surface area (Å²) in [6, 6.07) is 8.20. The molecule has 150 valence electrons. The van der Waals surface area contributed by atoms with Crippen LogP contribution in [0.2, 0.25) is 0 Å². The first-order valence-corrected chi connectivity index (χ1v) is 9.67. The molecule has 2 aliphatic rings. The molecule has 0 radical (unpaired) electrons. The van der Waals surface area contributed by atoms with Crippen molar-refractivity contribution in [3.63, 3.8) is 0 Å². The number of nitrogens with zero attached hydrogens (tertiary/aromatic N) is 1. The second-order valence-corrected chi connectivity index (χ2v) is 7.36. The van der Waals surface area contributed by atoms with E-state index in [2.05, 4.69) is 33.1 Å². The molecule has 1 saturated carbocycles. The van der Waals surface area contributed by atoms with Crippen molar-refractivity contribution < 1.29 is 9.59 Å². The second kappa shape index (κ2) is 8.88. The monoisotopic (exact) mass is 384 g/mol. The highest BCUT2D eigenvalue weighted by Crippen LogP contribution is 2.37. The Kier molecular flexibility index (Phi) is 6.30. The maximum absolute atomic E-state index is 12.4. The lowest BCUT2D eigenvalue weighted by Gasteiger charge is -2.39. The molecule has 8 heteroatoms. The van der Waals surface area contributed by atoms with E-state index in [9.17, 15) is 9.59 Å². The highest BCUT2D eigenvalue weighted by molar-refractivity contribution is 5.97. The Labute approximate surface area is 165 Å². The molecule has 1 aromatic carbocycles. The quantitative estimate of drug-likeness (QED) is 0.363. The first-order valence-electron chi connectivity index (χ1n) is 9.67. The molecule has 2 atom stereocenters. The third kappa shape index (κ3) is 4.51. The van der Waals surface area contributed by atoms with E-state index in [1.165, 1.54) is 12.6 Å². The minimum absolute atomic E-state index is 0.234. The molecule has 6 N–H and O–H groups in total. The topological polar surface area (TPSA) is 121 Å². The number of nitrogens with two attached hydrogens (primary N) is 1. The number of amides is 3. The van der Waals surface area contributed by atoms with E-state index in [-0.39, 0.29) is 24.4 Å². The van der Waals surface area contributed by atoms with Crippen molar-refractivity contribution >= 4 is 23.8 Å². The summed E-state index contributed by atoms with van der Waals surface area (Å²) in [7, 11) is 0. The van der Waals surface area contributed by atoms with Gasteiger partial charge >= 0.3 is 6.03 Å². The molecule has 1 aliphatic heterocycles. The van der Waals surface area contributed by atoms with Gasteiger partial charge in [-0.25, -0.2) is 4.79 Å². The Morgan fingerprint density at radius 3 is 2.68 bits per heavy atom. The molecular weight excluding hydrogens is 356 g/mol. The third-order valence-electron chi connectivity index (χ3n) is 5.49. The summed E-state index contributed by atoms with van der Waals surface area (Å²) in [5.74, 6) is -0.125. The van der Waals surface area contributed by atoms with Gasteiger partial charge < -0.3 is 21.7 Å². The number of hydrazone groups is 1. The number of anilines is 1. The molecule has 1 aromatic rings. The Bertz CT molecular complexity index is 744. The predicted octanol–water partition coefficient (Wildman–Crippen LogP) is 1.67. The van der Waals surface area contributed by atoms with Crippen molar-refractivity contribution in [2.45, 2.75) is 43.7 Å². The van der Waals surface area contributed by atoms with Gasteiger partial charge in [-0.1, -0.05) is 44.0 Å². The predicted molar refractivity (Wildman–Crippen MR) is 110 cm³/mol. The second-order valence-electron chi connectivity index (χ2n) is 7.36. The van der Waals surface area contributed by atoms with Crippen LogP contribution in [0.1, 0.15) is 32.1 Å². The average Bonchev–Trinajstić information content (AvgIpc) is 3.01. The summed E-state index contributed by atoms with van der Waals surface area (Å²) >= 11 is 0. The van der Waals surface area contributed by atoms with Gasteiger partial charge in [-0.15, -0.1) is 0 Å². The van der Waals surface area contributed by atoms with Crippen LogP contribution in [-0.4, -0.2) is 36.3 Å². The van der Waals surface area contributed by atoms with Crippen LogP contribution in [0.4, 0.5) is 10.5 Å². The highest BCUT2D eigenvalue weighted by Gasteiger charge is 2.47. The molecule has 1 heterocycles. The molecule has 1 saturated heterocycles. The zero-order valence-corrected chi connectivity index (χ0v) is 15.9. The van der Waals surface area contributed by atoms with Crippen molar-refractivity contribution in [1.82, 2.24) is 16.0 Å². The Morgan fingerprint density at radius 1 is 1.32 bits per heavy atom. The van der Waals surface area contributed by atoms with Gasteiger partial charge in [-0.2, -0.15) is 5.10 Å². The van der Waals surface area contributed by atoms with Crippen LogP contribution >= 0.6 is 0 Å². The van der Waals surface area contributed by atoms with Crippen LogP contribution in [0.5, 0.6) is 0 Å². The fraction of sp³-hybridized carbons (Fsp3) is 0.450. The number of hydrogen-bond acceptors (Lipinski definition) is 5. The van der Waals surface area contributed by atoms with Crippen molar-refractivity contribution in [3.05, 3.63) is 42.6 Å². The number of rotatable bonds is 7. The van der Waals surface area contributed by atoms with Gasteiger partial charge in [0.25, 0.3) is 0 Å². The van der Waals surface area contributed by atoms with E-state index in [1.807, 2.05) is 30.3 Å². The molecule has 3 rings (SSSR count). The summed E-state index contributed by atoms with van der Waals surface area (Å²) in [5.41, 5.74) is 9.49. The zero-order valence-electron chi connectivity index (χ0n) is 15.9. The Morgan fingerprint density at radius 2 is 2.04 bits per heavy atom. The van der Waals surface area contributed by atoms with Crippen LogP contribution < -0.4 is 27.1 Å². The Balaban J connectivity index is 1.58. The van der Waals surface area contributed by atoms with Crippen LogP contribution in [0.3, 0.4) is 0 Å². The van der Waals surface area contributed by atoms with Crippen molar-refractivity contribution in [1.29, 1.82) is 0 Å². The molecule has 8 nitrogen and oxygen atoms in total. The van der Waals surface area contributed by atoms with Gasteiger partial charge in [0, 0.05) is 12.2 Å². The van der Waals surface area contributed by atoms with Crippen molar-refractivity contribution in [2.24, 2.45) is 16.8 Å². The van der Waals surface area contributed by atoms with Crippen LogP contribution in [0.15, 0.2) is 47.7 Å². The smallest absolute Gasteiger partial charge is 0.319 e. The zero-order chi connectivity index (χ0) is 20.0. The summed E-state index contributed by atoms with van der Waals surface area (Å²) in [6.45, 7) is 4.28. The summed E-state index contributed by atoms with van der Waals surface area (Å²) in [4.78, 5) is 24.4. The van der Waals surface area contributed by atoms with E-state index in [4.69, 9.17) is 5.73 Å². The van der Waals surface area contributed by atoms with Crippen molar-refractivity contribution in [2.75, 3.05) is 12.0 Å². The maximum atomic E-state index is 12.4. The summed E-state index contributed by atoms with van der Waals surface area (Å²) in [5, 5.41) is 12.6. The highest BCUT2D eigenvalue weighted by atomic mass is 16.2. The van der Waals surface area contributed by atoms with E-state index < -0.39 is 11.6 Å². The van der Waals surface area contributed by atoms with E-state index in [0.29, 0.717) is 5.70 Å². The first kappa shape index (κ1) is 19.9. The van der Waals surface area contributed by atoms with Gasteiger partial charge in [0.1, 0.15) is 11.6 Å². The van der Waals surface area contributed by atoms with E-state index in [1.54, 1.807) is 0 Å². The standard InChI is InChI=1S/C20H28N6O2/c1-14-20(25-19(28)24-14,15-8-4-2-5-9-15)13-22-18(27)17(21)12-23-26-16-10-6-3-7-11-16/h3,6-7,10-12,15,17,26H,1-2,4-5,8-9,13,21H2,(H,22,27)(H2,24,25,28)/b23-12-. The molecule has 2 fully saturated rings. The summed E-state index contributed by atoms with van der Waals surface area (Å²) in [6.07, 6.45) is 6.76. The minimum atomic E-state index is -0.905. The van der Waals surface area contributed by atoms with Gasteiger partial charge in [0.15, 0.2) is 0 Å². The molecule has 1 aliphatic carbocycles. The molecule has 0 aromatic heterocycles. The minimum Gasteiger partial charge on any atom is -0.352 e. The third-order valence-corrected chi connectivity index (χ3v) is 5.49. The SMILES string of the molecule is C=C1NC(=O)NC1(CNC(=O)C(N)/C=N\Nc1ccccc1)C1CCCCC1. The number of hydrogen-bond donors (Lipinski definition) is 5. The van der Waals surface area contributed by atoms with Gasteiger partial charge in [0.2, 0.25) is 5.91 Å².